The monoisotopic (exact) mass is 287 g/mol. The number of nitrogens with one attached hydrogen (secondary N) is 1. The van der Waals surface area contributed by atoms with E-state index in [2.05, 4.69) is 30.1 Å². The average Bonchev–Trinajstić information content (AvgIpc) is 3.20. The van der Waals surface area contributed by atoms with Crippen molar-refractivity contribution in [3.8, 4) is 0 Å². The molecule has 0 unspecified atom stereocenters. The van der Waals surface area contributed by atoms with Crippen molar-refractivity contribution >= 4 is 5.82 Å². The van der Waals surface area contributed by atoms with Gasteiger partial charge in [0, 0.05) is 36.9 Å². The number of hydrogen-bond acceptors (Lipinski definition) is 3. The van der Waals surface area contributed by atoms with Crippen LogP contribution in [0.2, 0.25) is 0 Å². The predicted molar refractivity (Wildman–Crippen MR) is 88.9 cm³/mol. The SMILES string of the molecule is Cc1cc(C)c(CNC2CC2)c(N2CCCCCCC2)n1. The van der Waals surface area contributed by atoms with Crippen LogP contribution in [0.3, 0.4) is 0 Å². The number of anilines is 1. The summed E-state index contributed by atoms with van der Waals surface area (Å²) in [6, 6.07) is 2.99. The van der Waals surface area contributed by atoms with Crippen LogP contribution in [0, 0.1) is 13.8 Å². The highest BCUT2D eigenvalue weighted by Crippen LogP contribution is 2.27. The lowest BCUT2D eigenvalue weighted by molar-refractivity contribution is 0.551. The minimum Gasteiger partial charge on any atom is -0.356 e. The lowest BCUT2D eigenvalue weighted by Gasteiger charge is -2.29. The van der Waals surface area contributed by atoms with E-state index in [9.17, 15) is 0 Å². The molecule has 1 aromatic heterocycles. The zero-order valence-electron chi connectivity index (χ0n) is 13.6. The molecule has 0 bridgehead atoms. The molecule has 0 aromatic carbocycles. The summed E-state index contributed by atoms with van der Waals surface area (Å²) >= 11 is 0. The van der Waals surface area contributed by atoms with E-state index in [1.165, 1.54) is 75.0 Å². The molecule has 116 valence electrons. The number of pyridine rings is 1. The Labute approximate surface area is 129 Å². The van der Waals surface area contributed by atoms with Gasteiger partial charge in [-0.2, -0.15) is 0 Å². The molecule has 21 heavy (non-hydrogen) atoms. The zero-order chi connectivity index (χ0) is 14.7. The van der Waals surface area contributed by atoms with E-state index in [1.54, 1.807) is 0 Å². The first-order valence-corrected chi connectivity index (χ1v) is 8.69. The Bertz CT molecular complexity index is 472. The van der Waals surface area contributed by atoms with Gasteiger partial charge in [0.15, 0.2) is 0 Å². The third-order valence-electron chi connectivity index (χ3n) is 4.75. The minimum atomic E-state index is 0.755. The molecule has 1 saturated carbocycles. The molecule has 1 saturated heterocycles. The number of rotatable bonds is 4. The van der Waals surface area contributed by atoms with Crippen molar-refractivity contribution in [3.05, 3.63) is 22.9 Å². The van der Waals surface area contributed by atoms with Crippen molar-refractivity contribution < 1.29 is 0 Å². The first kappa shape index (κ1) is 14.8. The summed E-state index contributed by atoms with van der Waals surface area (Å²) < 4.78 is 0. The smallest absolute Gasteiger partial charge is 0.133 e. The van der Waals surface area contributed by atoms with Crippen LogP contribution in [0.25, 0.3) is 0 Å². The molecule has 1 aromatic rings. The summed E-state index contributed by atoms with van der Waals surface area (Å²) in [5, 5.41) is 3.67. The van der Waals surface area contributed by atoms with Gasteiger partial charge in [0.25, 0.3) is 0 Å². The molecule has 3 nitrogen and oxygen atoms in total. The second kappa shape index (κ2) is 6.78. The normalized spacial score (nSPS) is 20.2. The summed E-state index contributed by atoms with van der Waals surface area (Å²) in [5.74, 6) is 1.25. The molecule has 1 aliphatic carbocycles. The van der Waals surface area contributed by atoms with Crippen molar-refractivity contribution in [3.63, 3.8) is 0 Å². The predicted octanol–water partition coefficient (Wildman–Crippen LogP) is 3.72. The summed E-state index contributed by atoms with van der Waals surface area (Å²) in [6.45, 7) is 7.69. The van der Waals surface area contributed by atoms with Crippen LogP contribution in [-0.2, 0) is 6.54 Å². The van der Waals surface area contributed by atoms with Crippen LogP contribution >= 0.6 is 0 Å². The molecule has 2 aliphatic rings. The quantitative estimate of drug-likeness (QED) is 0.915. The van der Waals surface area contributed by atoms with Gasteiger partial charge in [-0.3, -0.25) is 0 Å². The van der Waals surface area contributed by atoms with E-state index in [0.29, 0.717) is 0 Å². The van der Waals surface area contributed by atoms with Crippen LogP contribution < -0.4 is 10.2 Å². The third-order valence-corrected chi connectivity index (χ3v) is 4.75. The molecular weight excluding hydrogens is 258 g/mol. The maximum Gasteiger partial charge on any atom is 0.133 e. The Morgan fingerprint density at radius 2 is 1.76 bits per heavy atom. The van der Waals surface area contributed by atoms with Gasteiger partial charge in [-0.1, -0.05) is 19.3 Å². The van der Waals surface area contributed by atoms with Gasteiger partial charge in [-0.05, 0) is 51.2 Å². The fraction of sp³-hybridized carbons (Fsp3) is 0.722. The van der Waals surface area contributed by atoms with E-state index in [-0.39, 0.29) is 0 Å². The second-order valence-corrected chi connectivity index (χ2v) is 6.79. The molecule has 1 N–H and O–H groups in total. The molecule has 2 heterocycles. The molecule has 0 radical (unpaired) electrons. The second-order valence-electron chi connectivity index (χ2n) is 6.79. The Hall–Kier alpha value is -1.09. The number of aryl methyl sites for hydroxylation is 2. The number of nitrogens with zero attached hydrogens (tertiary/aromatic N) is 2. The fourth-order valence-electron chi connectivity index (χ4n) is 3.32. The minimum absolute atomic E-state index is 0.755. The lowest BCUT2D eigenvalue weighted by atomic mass is 10.1. The van der Waals surface area contributed by atoms with Gasteiger partial charge in [0.05, 0.1) is 0 Å². The van der Waals surface area contributed by atoms with Crippen LogP contribution in [0.4, 0.5) is 5.82 Å². The molecule has 0 spiro atoms. The summed E-state index contributed by atoms with van der Waals surface area (Å²) in [7, 11) is 0. The maximum absolute atomic E-state index is 4.91. The molecule has 2 fully saturated rings. The summed E-state index contributed by atoms with van der Waals surface area (Å²) in [5.41, 5.74) is 3.97. The highest BCUT2D eigenvalue weighted by molar-refractivity contribution is 5.51. The standard InChI is InChI=1S/C18H29N3/c1-14-12-15(2)20-18(17(14)13-19-16-8-9-16)21-10-6-4-3-5-7-11-21/h12,16,19H,3-11,13H2,1-2H3. The lowest BCUT2D eigenvalue weighted by Crippen LogP contribution is -2.30. The Morgan fingerprint density at radius 1 is 1.10 bits per heavy atom. The van der Waals surface area contributed by atoms with Crippen LogP contribution in [-0.4, -0.2) is 24.1 Å². The van der Waals surface area contributed by atoms with E-state index in [4.69, 9.17) is 4.98 Å². The van der Waals surface area contributed by atoms with Gasteiger partial charge in [-0.25, -0.2) is 4.98 Å². The van der Waals surface area contributed by atoms with Crippen LogP contribution in [0.5, 0.6) is 0 Å². The Balaban J connectivity index is 1.82. The number of hydrogen-bond donors (Lipinski definition) is 1. The van der Waals surface area contributed by atoms with Gasteiger partial charge >= 0.3 is 0 Å². The van der Waals surface area contributed by atoms with Crippen molar-refractivity contribution in [2.75, 3.05) is 18.0 Å². The van der Waals surface area contributed by atoms with Gasteiger partial charge in [0.1, 0.15) is 5.82 Å². The molecule has 3 heteroatoms. The van der Waals surface area contributed by atoms with E-state index in [0.717, 1.165) is 18.3 Å². The molecule has 1 aliphatic heterocycles. The zero-order valence-corrected chi connectivity index (χ0v) is 13.6. The third kappa shape index (κ3) is 3.97. The summed E-state index contributed by atoms with van der Waals surface area (Å²) in [4.78, 5) is 7.46. The molecular formula is C18H29N3. The van der Waals surface area contributed by atoms with E-state index < -0.39 is 0 Å². The highest BCUT2D eigenvalue weighted by atomic mass is 15.2. The van der Waals surface area contributed by atoms with Crippen molar-refractivity contribution in [2.45, 2.75) is 71.4 Å². The van der Waals surface area contributed by atoms with Crippen LogP contribution in [0.15, 0.2) is 6.07 Å². The van der Waals surface area contributed by atoms with Crippen molar-refractivity contribution in [1.29, 1.82) is 0 Å². The summed E-state index contributed by atoms with van der Waals surface area (Å²) in [6.07, 6.45) is 9.46. The fourth-order valence-corrected chi connectivity index (χ4v) is 3.32. The first-order chi connectivity index (χ1) is 10.2. The first-order valence-electron chi connectivity index (χ1n) is 8.69. The highest BCUT2D eigenvalue weighted by Gasteiger charge is 2.22. The van der Waals surface area contributed by atoms with Gasteiger partial charge in [-0.15, -0.1) is 0 Å². The van der Waals surface area contributed by atoms with Gasteiger partial charge < -0.3 is 10.2 Å². The van der Waals surface area contributed by atoms with E-state index >= 15 is 0 Å². The molecule has 0 atom stereocenters. The number of aromatic nitrogens is 1. The molecule has 0 amide bonds. The maximum atomic E-state index is 4.91. The topological polar surface area (TPSA) is 28.2 Å². The van der Waals surface area contributed by atoms with Crippen LogP contribution in [0.1, 0.15) is 61.8 Å². The van der Waals surface area contributed by atoms with E-state index in [1.807, 2.05) is 0 Å². The van der Waals surface area contributed by atoms with Crippen molar-refractivity contribution in [1.82, 2.24) is 10.3 Å². The van der Waals surface area contributed by atoms with Gasteiger partial charge in [0.2, 0.25) is 0 Å². The van der Waals surface area contributed by atoms with Crippen molar-refractivity contribution in [2.24, 2.45) is 0 Å². The largest absolute Gasteiger partial charge is 0.356 e. The average molecular weight is 287 g/mol. The molecule has 3 rings (SSSR count). The Morgan fingerprint density at radius 3 is 2.43 bits per heavy atom. The Kier molecular flexibility index (Phi) is 4.79.